The van der Waals surface area contributed by atoms with Gasteiger partial charge in [-0.05, 0) is 30.7 Å². The van der Waals surface area contributed by atoms with E-state index in [2.05, 4.69) is 10.2 Å². The summed E-state index contributed by atoms with van der Waals surface area (Å²) in [5.74, 6) is -0.350. The maximum absolute atomic E-state index is 12.2. The number of anilines is 1. The molecule has 24 heavy (non-hydrogen) atoms. The first-order valence-electron chi connectivity index (χ1n) is 8.08. The minimum Gasteiger partial charge on any atom is -0.379 e. The van der Waals surface area contributed by atoms with Crippen molar-refractivity contribution in [3.63, 3.8) is 0 Å². The zero-order chi connectivity index (χ0) is 17.5. The van der Waals surface area contributed by atoms with Crippen molar-refractivity contribution in [3.05, 3.63) is 28.8 Å². The van der Waals surface area contributed by atoms with Gasteiger partial charge in [-0.15, -0.1) is 0 Å². The van der Waals surface area contributed by atoms with Gasteiger partial charge in [0.15, 0.2) is 0 Å². The van der Waals surface area contributed by atoms with Gasteiger partial charge in [0.25, 0.3) is 0 Å². The Morgan fingerprint density at radius 3 is 2.67 bits per heavy atom. The maximum Gasteiger partial charge on any atom is 0.240 e. The number of benzene rings is 1. The Labute approximate surface area is 147 Å². The Morgan fingerprint density at radius 2 is 2.04 bits per heavy atom. The Hall–Kier alpha value is -1.63. The second kappa shape index (κ2) is 9.01. The van der Waals surface area contributed by atoms with E-state index in [1.54, 1.807) is 18.2 Å². The SMILES string of the molecule is CC(=O)N(CC(=O)NCCN1CCOCC1)c1ccc(Cl)cc1C. The number of hydrogen-bond donors (Lipinski definition) is 1. The van der Waals surface area contributed by atoms with Gasteiger partial charge in [0.05, 0.1) is 13.2 Å². The van der Waals surface area contributed by atoms with Gasteiger partial charge in [0.1, 0.15) is 6.54 Å². The van der Waals surface area contributed by atoms with Crippen molar-refractivity contribution < 1.29 is 14.3 Å². The fraction of sp³-hybridized carbons (Fsp3) is 0.529. The van der Waals surface area contributed by atoms with Crippen LogP contribution in [0.5, 0.6) is 0 Å². The molecule has 0 atom stereocenters. The predicted molar refractivity (Wildman–Crippen MR) is 94.5 cm³/mol. The molecular weight excluding hydrogens is 330 g/mol. The number of rotatable bonds is 6. The van der Waals surface area contributed by atoms with Gasteiger partial charge < -0.3 is 15.0 Å². The smallest absolute Gasteiger partial charge is 0.240 e. The standard InChI is InChI=1S/C17H24ClN3O3/c1-13-11-15(18)3-4-16(13)21(14(2)22)12-17(23)19-5-6-20-7-9-24-10-8-20/h3-4,11H,5-10,12H2,1-2H3,(H,19,23). The van der Waals surface area contributed by atoms with Crippen molar-refractivity contribution in [1.82, 2.24) is 10.2 Å². The van der Waals surface area contributed by atoms with E-state index in [-0.39, 0.29) is 18.4 Å². The Bertz CT molecular complexity index is 588. The molecule has 0 spiro atoms. The first-order valence-corrected chi connectivity index (χ1v) is 8.46. The molecule has 0 radical (unpaired) electrons. The van der Waals surface area contributed by atoms with E-state index < -0.39 is 0 Å². The molecule has 1 aliphatic rings. The van der Waals surface area contributed by atoms with E-state index in [0.717, 1.165) is 38.4 Å². The average Bonchev–Trinajstić information content (AvgIpc) is 2.54. The molecule has 1 N–H and O–H groups in total. The lowest BCUT2D eigenvalue weighted by atomic mass is 10.1. The molecule has 1 fully saturated rings. The third-order valence-corrected chi connectivity index (χ3v) is 4.22. The molecule has 1 aliphatic heterocycles. The zero-order valence-electron chi connectivity index (χ0n) is 14.2. The van der Waals surface area contributed by atoms with Gasteiger partial charge in [-0.25, -0.2) is 0 Å². The van der Waals surface area contributed by atoms with Crippen LogP contribution in [0.4, 0.5) is 5.69 Å². The first kappa shape index (κ1) is 18.7. The minimum absolute atomic E-state index is 0.000910. The Morgan fingerprint density at radius 1 is 1.33 bits per heavy atom. The lowest BCUT2D eigenvalue weighted by Crippen LogP contribution is -2.44. The number of halogens is 1. The summed E-state index contributed by atoms with van der Waals surface area (Å²) in [4.78, 5) is 27.8. The van der Waals surface area contributed by atoms with Crippen LogP contribution in [-0.4, -0.2) is 62.7 Å². The second-order valence-corrected chi connectivity index (χ2v) is 6.28. The van der Waals surface area contributed by atoms with Crippen LogP contribution in [0.1, 0.15) is 12.5 Å². The van der Waals surface area contributed by atoms with Crippen LogP contribution in [0.15, 0.2) is 18.2 Å². The van der Waals surface area contributed by atoms with Crippen molar-refractivity contribution in [1.29, 1.82) is 0 Å². The Kier molecular flexibility index (Phi) is 7.02. The number of carbonyl (C=O) groups excluding carboxylic acids is 2. The third kappa shape index (κ3) is 5.47. The predicted octanol–water partition coefficient (Wildman–Crippen LogP) is 1.45. The largest absolute Gasteiger partial charge is 0.379 e. The van der Waals surface area contributed by atoms with Crippen LogP contribution in [0.3, 0.4) is 0 Å². The fourth-order valence-corrected chi connectivity index (χ4v) is 2.89. The first-order chi connectivity index (χ1) is 11.5. The molecular formula is C17H24ClN3O3. The molecule has 1 heterocycles. The topological polar surface area (TPSA) is 61.9 Å². The number of morpholine rings is 1. The number of nitrogens with one attached hydrogen (secondary N) is 1. The molecule has 0 saturated carbocycles. The molecule has 0 unspecified atom stereocenters. The molecule has 1 aromatic rings. The lowest BCUT2D eigenvalue weighted by molar-refractivity contribution is -0.123. The van der Waals surface area contributed by atoms with Gasteiger partial charge in [-0.1, -0.05) is 11.6 Å². The highest BCUT2D eigenvalue weighted by Crippen LogP contribution is 2.23. The van der Waals surface area contributed by atoms with Crippen LogP contribution < -0.4 is 10.2 Å². The average molecular weight is 354 g/mol. The highest BCUT2D eigenvalue weighted by atomic mass is 35.5. The summed E-state index contributed by atoms with van der Waals surface area (Å²) in [6, 6.07) is 5.26. The van der Waals surface area contributed by atoms with E-state index in [4.69, 9.17) is 16.3 Å². The van der Waals surface area contributed by atoms with E-state index in [1.807, 2.05) is 6.92 Å². The molecule has 2 rings (SSSR count). The molecule has 2 amide bonds. The summed E-state index contributed by atoms with van der Waals surface area (Å²) in [6.07, 6.45) is 0. The number of nitrogens with zero attached hydrogens (tertiary/aromatic N) is 2. The van der Waals surface area contributed by atoms with E-state index in [1.165, 1.54) is 11.8 Å². The summed E-state index contributed by atoms with van der Waals surface area (Å²) in [5.41, 5.74) is 1.56. The van der Waals surface area contributed by atoms with Gasteiger partial charge in [-0.3, -0.25) is 14.5 Å². The van der Waals surface area contributed by atoms with Gasteiger partial charge >= 0.3 is 0 Å². The normalized spacial score (nSPS) is 15.1. The fourth-order valence-electron chi connectivity index (χ4n) is 2.67. The summed E-state index contributed by atoms with van der Waals surface area (Å²) < 4.78 is 5.29. The molecule has 132 valence electrons. The van der Waals surface area contributed by atoms with Crippen molar-refractivity contribution >= 4 is 29.1 Å². The van der Waals surface area contributed by atoms with Gasteiger partial charge in [0, 0.05) is 43.8 Å². The van der Waals surface area contributed by atoms with Crippen LogP contribution in [0.2, 0.25) is 5.02 Å². The number of ether oxygens (including phenoxy) is 1. The highest BCUT2D eigenvalue weighted by Gasteiger charge is 2.18. The highest BCUT2D eigenvalue weighted by molar-refractivity contribution is 6.30. The summed E-state index contributed by atoms with van der Waals surface area (Å²) in [7, 11) is 0. The monoisotopic (exact) mass is 353 g/mol. The van der Waals surface area contributed by atoms with Crippen molar-refractivity contribution in [2.45, 2.75) is 13.8 Å². The quantitative estimate of drug-likeness (QED) is 0.841. The number of amides is 2. The zero-order valence-corrected chi connectivity index (χ0v) is 14.9. The number of aryl methyl sites for hydroxylation is 1. The minimum atomic E-state index is -0.177. The summed E-state index contributed by atoms with van der Waals surface area (Å²) in [6.45, 7) is 7.92. The number of hydrogen-bond acceptors (Lipinski definition) is 4. The number of carbonyl (C=O) groups is 2. The van der Waals surface area contributed by atoms with Gasteiger partial charge in [-0.2, -0.15) is 0 Å². The van der Waals surface area contributed by atoms with E-state index in [0.29, 0.717) is 17.3 Å². The Balaban J connectivity index is 1.87. The van der Waals surface area contributed by atoms with Crippen molar-refractivity contribution in [2.75, 3.05) is 50.8 Å². The molecule has 0 bridgehead atoms. The maximum atomic E-state index is 12.2. The molecule has 7 heteroatoms. The van der Waals surface area contributed by atoms with Gasteiger partial charge in [0.2, 0.25) is 11.8 Å². The van der Waals surface area contributed by atoms with Crippen LogP contribution in [0, 0.1) is 6.92 Å². The van der Waals surface area contributed by atoms with Crippen molar-refractivity contribution in [2.24, 2.45) is 0 Å². The lowest BCUT2D eigenvalue weighted by Gasteiger charge is -2.27. The molecule has 0 aromatic heterocycles. The van der Waals surface area contributed by atoms with E-state index in [9.17, 15) is 9.59 Å². The third-order valence-electron chi connectivity index (χ3n) is 3.99. The molecule has 1 aromatic carbocycles. The second-order valence-electron chi connectivity index (χ2n) is 5.84. The van der Waals surface area contributed by atoms with Crippen LogP contribution in [0.25, 0.3) is 0 Å². The molecule has 0 aliphatic carbocycles. The van der Waals surface area contributed by atoms with Crippen molar-refractivity contribution in [3.8, 4) is 0 Å². The summed E-state index contributed by atoms with van der Waals surface area (Å²) >= 11 is 5.95. The molecule has 6 nitrogen and oxygen atoms in total. The summed E-state index contributed by atoms with van der Waals surface area (Å²) in [5, 5.41) is 3.48. The van der Waals surface area contributed by atoms with Crippen LogP contribution in [-0.2, 0) is 14.3 Å². The van der Waals surface area contributed by atoms with Crippen LogP contribution >= 0.6 is 11.6 Å². The van der Waals surface area contributed by atoms with E-state index >= 15 is 0 Å². The molecule has 1 saturated heterocycles.